The van der Waals surface area contributed by atoms with Gasteiger partial charge in [0, 0.05) is 36.4 Å². The van der Waals surface area contributed by atoms with Crippen molar-refractivity contribution in [1.29, 1.82) is 0 Å². The summed E-state index contributed by atoms with van der Waals surface area (Å²) in [7, 11) is 5.60. The van der Waals surface area contributed by atoms with E-state index in [-0.39, 0.29) is 11.8 Å². The van der Waals surface area contributed by atoms with Crippen molar-refractivity contribution >= 4 is 57.3 Å². The number of anilines is 2. The highest BCUT2D eigenvalue weighted by Crippen LogP contribution is 2.38. The number of fused-ring (bicyclic) bond motifs is 2. The molecule has 0 saturated carbocycles. The zero-order chi connectivity index (χ0) is 27.0. The molecule has 3 aromatic carbocycles. The molecule has 1 unspecified atom stereocenters. The van der Waals surface area contributed by atoms with Crippen LogP contribution in [0.4, 0.5) is 17.1 Å². The Balaban J connectivity index is 1.54. The number of carbonyl (C=O) groups excluding carboxylic acids is 2. The lowest BCUT2D eigenvalue weighted by molar-refractivity contribution is -0.118. The van der Waals surface area contributed by atoms with E-state index in [4.69, 9.17) is 21.0 Å². The van der Waals surface area contributed by atoms with Crippen LogP contribution < -0.4 is 16.0 Å². The van der Waals surface area contributed by atoms with Crippen molar-refractivity contribution in [3.63, 3.8) is 0 Å². The second kappa shape index (κ2) is 10.3. The monoisotopic (exact) mass is 531 g/mol. The molecule has 2 heterocycles. The number of nitrogens with zero attached hydrogens (tertiary/aromatic N) is 3. The van der Waals surface area contributed by atoms with Gasteiger partial charge >= 0.3 is 5.76 Å². The minimum Gasteiger partial charge on any atom is -0.408 e. The number of carbonyl (C=O) groups is 2. The van der Waals surface area contributed by atoms with Crippen LogP contribution in [0.5, 0.6) is 0 Å². The van der Waals surface area contributed by atoms with E-state index in [1.807, 2.05) is 37.2 Å². The smallest absolute Gasteiger partial charge is 0.408 e. The molecule has 0 saturated heterocycles. The Morgan fingerprint density at radius 3 is 2.53 bits per heavy atom. The molecular formula is C28H26ClN5O4. The number of H-pyrrole nitrogens is 1. The van der Waals surface area contributed by atoms with Crippen molar-refractivity contribution in [2.75, 3.05) is 37.9 Å². The lowest BCUT2D eigenvalue weighted by atomic mass is 9.90. The van der Waals surface area contributed by atoms with Gasteiger partial charge in [-0.3, -0.25) is 19.6 Å². The molecule has 1 atom stereocenters. The van der Waals surface area contributed by atoms with E-state index in [0.29, 0.717) is 51.7 Å². The van der Waals surface area contributed by atoms with E-state index in [1.54, 1.807) is 54.4 Å². The van der Waals surface area contributed by atoms with Gasteiger partial charge in [-0.2, -0.15) is 0 Å². The first-order valence-electron chi connectivity index (χ1n) is 12.0. The molecular weight excluding hydrogens is 506 g/mol. The highest BCUT2D eigenvalue weighted by Gasteiger charge is 2.35. The molecule has 0 bridgehead atoms. The van der Waals surface area contributed by atoms with Crippen molar-refractivity contribution in [2.45, 2.75) is 12.3 Å². The van der Waals surface area contributed by atoms with Gasteiger partial charge in [-0.15, -0.1) is 0 Å². The first-order valence-corrected chi connectivity index (χ1v) is 12.4. The molecule has 2 N–H and O–H groups in total. The number of rotatable bonds is 7. The minimum absolute atomic E-state index is 0.0101. The summed E-state index contributed by atoms with van der Waals surface area (Å²) in [6.45, 7) is 0.664. The Morgan fingerprint density at radius 1 is 1.03 bits per heavy atom. The maximum absolute atomic E-state index is 13.2. The van der Waals surface area contributed by atoms with Crippen LogP contribution in [0, 0.1) is 0 Å². The molecule has 1 aromatic heterocycles. The van der Waals surface area contributed by atoms with Crippen LogP contribution in [0.1, 0.15) is 23.5 Å². The number of aromatic amines is 1. The topological polar surface area (TPSA) is 111 Å². The summed E-state index contributed by atoms with van der Waals surface area (Å²) in [6, 6.07) is 17.7. The maximum atomic E-state index is 13.2. The summed E-state index contributed by atoms with van der Waals surface area (Å²) in [5, 5.41) is 3.41. The van der Waals surface area contributed by atoms with Crippen molar-refractivity contribution in [3.05, 3.63) is 87.4 Å². The summed E-state index contributed by atoms with van der Waals surface area (Å²) in [4.78, 5) is 48.6. The number of benzene rings is 3. The number of amides is 2. The third-order valence-electron chi connectivity index (χ3n) is 6.47. The molecule has 38 heavy (non-hydrogen) atoms. The van der Waals surface area contributed by atoms with Gasteiger partial charge < -0.3 is 19.5 Å². The number of halogens is 1. The van der Waals surface area contributed by atoms with E-state index >= 15 is 0 Å². The first kappa shape index (κ1) is 25.4. The van der Waals surface area contributed by atoms with Gasteiger partial charge in [0.2, 0.25) is 11.8 Å². The highest BCUT2D eigenvalue weighted by atomic mass is 35.5. The molecule has 10 heteroatoms. The first-order chi connectivity index (χ1) is 18.2. The number of hydrogen-bond donors (Lipinski definition) is 2. The van der Waals surface area contributed by atoms with Crippen LogP contribution in [0.15, 0.2) is 74.9 Å². The highest BCUT2D eigenvalue weighted by molar-refractivity contribution is 6.31. The number of aromatic nitrogens is 1. The van der Waals surface area contributed by atoms with Crippen molar-refractivity contribution < 1.29 is 14.0 Å². The predicted molar refractivity (Wildman–Crippen MR) is 149 cm³/mol. The minimum atomic E-state index is -0.701. The van der Waals surface area contributed by atoms with Gasteiger partial charge in [0.25, 0.3) is 0 Å². The molecule has 9 nitrogen and oxygen atoms in total. The summed E-state index contributed by atoms with van der Waals surface area (Å²) >= 11 is 6.15. The fraction of sp³-hybridized carbons (Fsp3) is 0.214. The summed E-state index contributed by atoms with van der Waals surface area (Å²) in [6.07, 6.45) is 0.409. The standard InChI is InChI=1S/C28H26ClN5O4/c1-33(2)13-12-24(35)34(3)19-8-6-18(7-9-19)30-26(16-4-11-23-22(14-16)32-28(37)38-23)25-20-10-5-17(29)15-21(20)31-27(25)36/h4-11,14-15,25H,12-13H2,1-3H3,(H,31,36)(H,32,37). The second-order valence-electron chi connectivity index (χ2n) is 9.40. The predicted octanol–water partition coefficient (Wildman–Crippen LogP) is 4.55. The fourth-order valence-corrected chi connectivity index (χ4v) is 4.61. The van der Waals surface area contributed by atoms with Crippen LogP contribution in [0.25, 0.3) is 11.1 Å². The largest absolute Gasteiger partial charge is 0.417 e. The van der Waals surface area contributed by atoms with Crippen molar-refractivity contribution in [2.24, 2.45) is 4.99 Å². The lowest BCUT2D eigenvalue weighted by Gasteiger charge is -2.19. The molecule has 2 amide bonds. The number of aliphatic imine (C=N–C) groups is 1. The molecule has 194 valence electrons. The Kier molecular flexibility index (Phi) is 6.88. The Morgan fingerprint density at radius 2 is 1.79 bits per heavy atom. The quantitative estimate of drug-likeness (QED) is 0.340. The van der Waals surface area contributed by atoms with Gasteiger partial charge in [0.05, 0.1) is 16.9 Å². The molecule has 4 aromatic rings. The zero-order valence-electron chi connectivity index (χ0n) is 21.1. The zero-order valence-corrected chi connectivity index (χ0v) is 21.9. The fourth-order valence-electron chi connectivity index (χ4n) is 4.43. The van der Waals surface area contributed by atoms with Crippen molar-refractivity contribution in [1.82, 2.24) is 9.88 Å². The number of hydrogen-bond acceptors (Lipinski definition) is 6. The molecule has 0 spiro atoms. The Labute approximate surface area is 223 Å². The van der Waals surface area contributed by atoms with Crippen LogP contribution in [0.2, 0.25) is 5.02 Å². The van der Waals surface area contributed by atoms with Gasteiger partial charge in [-0.1, -0.05) is 17.7 Å². The van der Waals surface area contributed by atoms with Crippen LogP contribution in [0.3, 0.4) is 0 Å². The van der Waals surface area contributed by atoms with Gasteiger partial charge in [-0.05, 0) is 79.8 Å². The molecule has 1 aliphatic rings. The van der Waals surface area contributed by atoms with Crippen molar-refractivity contribution in [3.8, 4) is 0 Å². The van der Waals surface area contributed by atoms with Crippen LogP contribution in [-0.4, -0.2) is 55.1 Å². The van der Waals surface area contributed by atoms with Gasteiger partial charge in [-0.25, -0.2) is 4.79 Å². The van der Waals surface area contributed by atoms with Crippen LogP contribution in [-0.2, 0) is 9.59 Å². The maximum Gasteiger partial charge on any atom is 0.417 e. The third kappa shape index (κ3) is 5.11. The Hall–Kier alpha value is -4.21. The van der Waals surface area contributed by atoms with E-state index in [1.165, 1.54) is 0 Å². The molecule has 1 aliphatic heterocycles. The van der Waals surface area contributed by atoms with E-state index < -0.39 is 11.7 Å². The SMILES string of the molecule is CN(C)CCC(=O)N(C)c1ccc(N=C(c2ccc3oc(=O)[nH]c3c2)C2C(=O)Nc3cc(Cl)ccc32)cc1. The van der Waals surface area contributed by atoms with E-state index in [9.17, 15) is 14.4 Å². The molecule has 0 aliphatic carbocycles. The van der Waals surface area contributed by atoms with Gasteiger partial charge in [0.15, 0.2) is 5.58 Å². The molecule has 0 fully saturated rings. The second-order valence-corrected chi connectivity index (χ2v) is 9.84. The number of nitrogens with one attached hydrogen (secondary N) is 2. The summed E-state index contributed by atoms with van der Waals surface area (Å²) in [5.74, 6) is -1.48. The number of oxazole rings is 1. The van der Waals surface area contributed by atoms with E-state index in [2.05, 4.69) is 10.3 Å². The van der Waals surface area contributed by atoms with Gasteiger partial charge in [0.1, 0.15) is 5.92 Å². The van der Waals surface area contributed by atoms with E-state index in [0.717, 1.165) is 11.3 Å². The summed E-state index contributed by atoms with van der Waals surface area (Å²) in [5.41, 5.74) is 4.79. The Bertz CT molecular complexity index is 1620. The average Bonchev–Trinajstić information content (AvgIpc) is 3.42. The van der Waals surface area contributed by atoms with Crippen LogP contribution >= 0.6 is 11.6 Å². The average molecular weight is 532 g/mol. The summed E-state index contributed by atoms with van der Waals surface area (Å²) < 4.78 is 5.14. The third-order valence-corrected chi connectivity index (χ3v) is 6.70. The molecule has 0 radical (unpaired) electrons. The lowest BCUT2D eigenvalue weighted by Crippen LogP contribution is -2.29. The molecule has 5 rings (SSSR count). The normalized spacial score (nSPS) is 15.1.